The Bertz CT molecular complexity index is 131. The van der Waals surface area contributed by atoms with Crippen LogP contribution >= 0.6 is 0 Å². The van der Waals surface area contributed by atoms with Crippen LogP contribution in [0.4, 0.5) is 0 Å². The van der Waals surface area contributed by atoms with Crippen molar-refractivity contribution >= 4 is 0 Å². The van der Waals surface area contributed by atoms with Crippen LogP contribution in [-0.2, 0) is 0 Å². The summed E-state index contributed by atoms with van der Waals surface area (Å²) in [4.78, 5) is 0. The van der Waals surface area contributed by atoms with E-state index in [0.717, 1.165) is 17.8 Å². The molecule has 1 N–H and O–H groups in total. The summed E-state index contributed by atoms with van der Waals surface area (Å²) in [7, 11) is 0. The Kier molecular flexibility index (Phi) is 4.79. The predicted octanol–water partition coefficient (Wildman–Crippen LogP) is 3.06. The van der Waals surface area contributed by atoms with Gasteiger partial charge in [0.1, 0.15) is 0 Å². The molecule has 13 heavy (non-hydrogen) atoms. The topological polar surface area (TPSA) is 12.0 Å². The fourth-order valence-electron chi connectivity index (χ4n) is 2.46. The first-order chi connectivity index (χ1) is 6.24. The summed E-state index contributed by atoms with van der Waals surface area (Å²) in [5, 5.41) is 3.57. The Morgan fingerprint density at radius 1 is 1.38 bits per heavy atom. The van der Waals surface area contributed by atoms with Crippen LogP contribution in [0.1, 0.15) is 46.5 Å². The van der Waals surface area contributed by atoms with Crippen molar-refractivity contribution in [2.75, 3.05) is 13.1 Å². The van der Waals surface area contributed by atoms with E-state index in [2.05, 4.69) is 26.1 Å². The van der Waals surface area contributed by atoms with Gasteiger partial charge < -0.3 is 5.32 Å². The van der Waals surface area contributed by atoms with Crippen molar-refractivity contribution in [2.24, 2.45) is 17.8 Å². The van der Waals surface area contributed by atoms with Crippen molar-refractivity contribution in [1.82, 2.24) is 5.32 Å². The highest BCUT2D eigenvalue weighted by Gasteiger charge is 2.21. The van der Waals surface area contributed by atoms with E-state index >= 15 is 0 Å². The van der Waals surface area contributed by atoms with Crippen molar-refractivity contribution in [3.8, 4) is 0 Å². The molecule has 1 heteroatoms. The molecule has 0 amide bonds. The number of rotatable bonds is 3. The van der Waals surface area contributed by atoms with E-state index in [9.17, 15) is 0 Å². The molecule has 2 atom stereocenters. The summed E-state index contributed by atoms with van der Waals surface area (Å²) in [6, 6.07) is 0. The van der Waals surface area contributed by atoms with Gasteiger partial charge in [0.2, 0.25) is 0 Å². The van der Waals surface area contributed by atoms with Crippen LogP contribution in [-0.4, -0.2) is 13.1 Å². The molecule has 0 aromatic carbocycles. The predicted molar refractivity (Wildman–Crippen MR) is 58.8 cm³/mol. The lowest BCUT2D eigenvalue weighted by Crippen LogP contribution is -2.20. The zero-order valence-corrected chi connectivity index (χ0v) is 9.47. The molecule has 0 aromatic rings. The molecule has 0 bridgehead atoms. The first-order valence-corrected chi connectivity index (χ1v) is 5.94. The zero-order valence-electron chi connectivity index (χ0n) is 9.47. The van der Waals surface area contributed by atoms with Crippen LogP contribution in [0.5, 0.6) is 0 Å². The minimum atomic E-state index is 0.874. The lowest BCUT2D eigenvalue weighted by Gasteiger charge is -2.22. The monoisotopic (exact) mass is 183 g/mol. The third-order valence-corrected chi connectivity index (χ3v) is 3.40. The van der Waals surface area contributed by atoms with Gasteiger partial charge in [0.15, 0.2) is 0 Å². The van der Waals surface area contributed by atoms with Crippen LogP contribution in [0, 0.1) is 17.8 Å². The maximum absolute atomic E-state index is 3.57. The normalized spacial score (nSPS) is 30.5. The molecule has 78 valence electrons. The second-order valence-corrected chi connectivity index (χ2v) is 4.89. The van der Waals surface area contributed by atoms with Crippen LogP contribution < -0.4 is 5.32 Å². The standard InChI is InChI=1S/C12H25N/c1-4-5-11-8-12(10(2)3)6-7-13-9-11/h10-13H,4-9H2,1-3H3. The van der Waals surface area contributed by atoms with Gasteiger partial charge in [-0.25, -0.2) is 0 Å². The van der Waals surface area contributed by atoms with E-state index in [1.165, 1.54) is 38.8 Å². The van der Waals surface area contributed by atoms with Gasteiger partial charge in [-0.3, -0.25) is 0 Å². The van der Waals surface area contributed by atoms with Gasteiger partial charge >= 0.3 is 0 Å². The van der Waals surface area contributed by atoms with E-state index in [-0.39, 0.29) is 0 Å². The van der Waals surface area contributed by atoms with E-state index < -0.39 is 0 Å². The van der Waals surface area contributed by atoms with Gasteiger partial charge in [-0.05, 0) is 50.1 Å². The zero-order chi connectivity index (χ0) is 9.68. The lowest BCUT2D eigenvalue weighted by molar-refractivity contribution is 0.298. The largest absolute Gasteiger partial charge is 0.316 e. The molecule has 1 rings (SSSR count). The number of nitrogens with one attached hydrogen (secondary N) is 1. The molecule has 0 saturated carbocycles. The van der Waals surface area contributed by atoms with Gasteiger partial charge in [-0.1, -0.05) is 27.2 Å². The fraction of sp³-hybridized carbons (Fsp3) is 1.00. The van der Waals surface area contributed by atoms with E-state index in [4.69, 9.17) is 0 Å². The molecule has 0 spiro atoms. The van der Waals surface area contributed by atoms with Gasteiger partial charge in [-0.2, -0.15) is 0 Å². The van der Waals surface area contributed by atoms with E-state index in [1.54, 1.807) is 0 Å². The van der Waals surface area contributed by atoms with Crippen LogP contribution in [0.15, 0.2) is 0 Å². The highest BCUT2D eigenvalue weighted by Crippen LogP contribution is 2.27. The summed E-state index contributed by atoms with van der Waals surface area (Å²) in [6.07, 6.45) is 5.60. The summed E-state index contributed by atoms with van der Waals surface area (Å²) in [5.41, 5.74) is 0. The Morgan fingerprint density at radius 3 is 2.77 bits per heavy atom. The highest BCUT2D eigenvalue weighted by atomic mass is 14.9. The van der Waals surface area contributed by atoms with Gasteiger partial charge in [-0.15, -0.1) is 0 Å². The average molecular weight is 183 g/mol. The second kappa shape index (κ2) is 5.64. The molecule has 1 aliphatic rings. The summed E-state index contributed by atoms with van der Waals surface area (Å²) in [5.74, 6) is 2.78. The minimum absolute atomic E-state index is 0.874. The molecule has 0 aromatic heterocycles. The Hall–Kier alpha value is -0.0400. The summed E-state index contributed by atoms with van der Waals surface area (Å²) < 4.78 is 0. The van der Waals surface area contributed by atoms with Gasteiger partial charge in [0, 0.05) is 0 Å². The molecular formula is C12H25N. The first kappa shape index (κ1) is 11.0. The van der Waals surface area contributed by atoms with Crippen LogP contribution in [0.3, 0.4) is 0 Å². The van der Waals surface area contributed by atoms with Crippen molar-refractivity contribution in [3.05, 3.63) is 0 Å². The van der Waals surface area contributed by atoms with Crippen LogP contribution in [0.25, 0.3) is 0 Å². The molecule has 0 radical (unpaired) electrons. The SMILES string of the molecule is CCCC1CNCCC(C(C)C)C1. The molecule has 2 unspecified atom stereocenters. The molecule has 1 saturated heterocycles. The van der Waals surface area contributed by atoms with Crippen molar-refractivity contribution in [3.63, 3.8) is 0 Å². The molecule has 1 aliphatic heterocycles. The Labute approximate surface area is 83.3 Å². The second-order valence-electron chi connectivity index (χ2n) is 4.89. The molecular weight excluding hydrogens is 158 g/mol. The van der Waals surface area contributed by atoms with Crippen molar-refractivity contribution in [1.29, 1.82) is 0 Å². The van der Waals surface area contributed by atoms with Gasteiger partial charge in [0.05, 0.1) is 0 Å². The quantitative estimate of drug-likeness (QED) is 0.709. The highest BCUT2D eigenvalue weighted by molar-refractivity contribution is 4.75. The first-order valence-electron chi connectivity index (χ1n) is 5.94. The van der Waals surface area contributed by atoms with Gasteiger partial charge in [0.25, 0.3) is 0 Å². The summed E-state index contributed by atoms with van der Waals surface area (Å²) >= 11 is 0. The van der Waals surface area contributed by atoms with Crippen molar-refractivity contribution < 1.29 is 0 Å². The maximum atomic E-state index is 3.57. The average Bonchev–Trinajstić information content (AvgIpc) is 2.30. The number of hydrogen-bond donors (Lipinski definition) is 1. The Morgan fingerprint density at radius 2 is 2.15 bits per heavy atom. The van der Waals surface area contributed by atoms with Crippen LogP contribution in [0.2, 0.25) is 0 Å². The number of hydrogen-bond acceptors (Lipinski definition) is 1. The smallest absolute Gasteiger partial charge is 0.00204 e. The molecule has 0 aliphatic carbocycles. The maximum Gasteiger partial charge on any atom is -0.00204 e. The fourth-order valence-corrected chi connectivity index (χ4v) is 2.46. The van der Waals surface area contributed by atoms with E-state index in [0.29, 0.717) is 0 Å². The molecule has 1 nitrogen and oxygen atoms in total. The third-order valence-electron chi connectivity index (χ3n) is 3.40. The lowest BCUT2D eigenvalue weighted by atomic mass is 9.84. The Balaban J connectivity index is 2.39. The van der Waals surface area contributed by atoms with E-state index in [1.807, 2.05) is 0 Å². The summed E-state index contributed by atoms with van der Waals surface area (Å²) in [6.45, 7) is 9.55. The minimum Gasteiger partial charge on any atom is -0.316 e. The molecule has 1 heterocycles. The third kappa shape index (κ3) is 3.68. The molecule has 1 fully saturated rings. The van der Waals surface area contributed by atoms with Crippen molar-refractivity contribution in [2.45, 2.75) is 46.5 Å².